The van der Waals surface area contributed by atoms with Crippen molar-refractivity contribution < 1.29 is 4.79 Å². The Morgan fingerprint density at radius 3 is 2.20 bits per heavy atom. The molecular weight excluding hydrogens is 184 g/mol. The first kappa shape index (κ1) is 14.7. The third-order valence-corrected chi connectivity index (χ3v) is 3.68. The van der Waals surface area contributed by atoms with Gasteiger partial charge in [0.1, 0.15) is 5.78 Å². The summed E-state index contributed by atoms with van der Waals surface area (Å²) in [5.41, 5.74) is -0.121. The summed E-state index contributed by atoms with van der Waals surface area (Å²) in [5.74, 6) is 0.966. The van der Waals surface area contributed by atoms with Crippen molar-refractivity contribution in [3.8, 4) is 0 Å². The molecule has 0 amide bonds. The molecule has 0 aliphatic rings. The van der Waals surface area contributed by atoms with Crippen LogP contribution in [0.15, 0.2) is 0 Å². The fraction of sp³-hybridized carbons (Fsp3) is 0.929. The maximum Gasteiger partial charge on any atom is 0.138 e. The molecule has 1 unspecified atom stereocenters. The summed E-state index contributed by atoms with van der Waals surface area (Å²) in [6.45, 7) is 10.8. The maximum atomic E-state index is 12.1. The molecule has 90 valence electrons. The second kappa shape index (κ2) is 7.03. The first-order chi connectivity index (χ1) is 6.96. The van der Waals surface area contributed by atoms with Crippen LogP contribution in [0.1, 0.15) is 73.1 Å². The quantitative estimate of drug-likeness (QED) is 0.537. The van der Waals surface area contributed by atoms with E-state index in [9.17, 15) is 4.79 Å². The molecule has 0 aliphatic carbocycles. The summed E-state index contributed by atoms with van der Waals surface area (Å²) in [4.78, 5) is 12.1. The molecule has 0 heterocycles. The summed E-state index contributed by atoms with van der Waals surface area (Å²) in [7, 11) is 0. The van der Waals surface area contributed by atoms with Gasteiger partial charge in [-0.1, -0.05) is 60.3 Å². The van der Waals surface area contributed by atoms with Crippen LogP contribution in [0.25, 0.3) is 0 Å². The molecule has 0 aromatic rings. The van der Waals surface area contributed by atoms with E-state index in [2.05, 4.69) is 34.6 Å². The van der Waals surface area contributed by atoms with E-state index in [1.54, 1.807) is 0 Å². The van der Waals surface area contributed by atoms with Gasteiger partial charge in [-0.3, -0.25) is 4.79 Å². The second-order valence-corrected chi connectivity index (χ2v) is 5.29. The topological polar surface area (TPSA) is 17.1 Å². The highest BCUT2D eigenvalue weighted by atomic mass is 16.1. The van der Waals surface area contributed by atoms with Crippen LogP contribution in [0.5, 0.6) is 0 Å². The van der Waals surface area contributed by atoms with Gasteiger partial charge in [-0.2, -0.15) is 0 Å². The summed E-state index contributed by atoms with van der Waals surface area (Å²) in [6.07, 6.45) is 6.55. The van der Waals surface area contributed by atoms with Gasteiger partial charge in [-0.05, 0) is 12.3 Å². The number of ketones is 1. The lowest BCUT2D eigenvalue weighted by Crippen LogP contribution is -2.31. The number of hydrogen-bond donors (Lipinski definition) is 0. The fourth-order valence-corrected chi connectivity index (χ4v) is 1.93. The number of Topliss-reactive ketones (excluding diaryl/α,β-unsaturated/α-hetero) is 1. The predicted molar refractivity (Wildman–Crippen MR) is 67.0 cm³/mol. The van der Waals surface area contributed by atoms with Crippen molar-refractivity contribution in [3.63, 3.8) is 0 Å². The van der Waals surface area contributed by atoms with Crippen molar-refractivity contribution in [1.82, 2.24) is 0 Å². The lowest BCUT2D eigenvalue weighted by Gasteiger charge is -2.30. The van der Waals surface area contributed by atoms with Gasteiger partial charge in [0.25, 0.3) is 0 Å². The largest absolute Gasteiger partial charge is 0.299 e. The Kier molecular flexibility index (Phi) is 6.87. The summed E-state index contributed by atoms with van der Waals surface area (Å²) >= 11 is 0. The minimum atomic E-state index is -0.121. The summed E-state index contributed by atoms with van der Waals surface area (Å²) in [5, 5.41) is 0. The maximum absolute atomic E-state index is 12.1. The van der Waals surface area contributed by atoms with E-state index >= 15 is 0 Å². The molecule has 0 rings (SSSR count). The van der Waals surface area contributed by atoms with Crippen molar-refractivity contribution in [2.45, 2.75) is 73.1 Å². The highest BCUT2D eigenvalue weighted by Crippen LogP contribution is 2.32. The summed E-state index contributed by atoms with van der Waals surface area (Å²) < 4.78 is 0. The molecule has 0 spiro atoms. The van der Waals surface area contributed by atoms with Gasteiger partial charge in [0.15, 0.2) is 0 Å². The molecule has 0 aromatic heterocycles. The normalized spacial score (nSPS) is 13.9. The van der Waals surface area contributed by atoms with Gasteiger partial charge < -0.3 is 0 Å². The monoisotopic (exact) mass is 212 g/mol. The van der Waals surface area contributed by atoms with E-state index < -0.39 is 0 Å². The van der Waals surface area contributed by atoms with Gasteiger partial charge in [-0.25, -0.2) is 0 Å². The Morgan fingerprint density at radius 2 is 1.73 bits per heavy atom. The summed E-state index contributed by atoms with van der Waals surface area (Å²) in [6, 6.07) is 0. The molecule has 1 atom stereocenters. The standard InChI is InChI=1S/C14H28O/c1-6-8-9-11-13(15)14(4,5)12(3)10-7-2/h12H,6-11H2,1-5H3. The van der Waals surface area contributed by atoms with Crippen molar-refractivity contribution >= 4 is 5.78 Å². The molecule has 15 heavy (non-hydrogen) atoms. The zero-order valence-electron chi connectivity index (χ0n) is 11.2. The highest BCUT2D eigenvalue weighted by Gasteiger charge is 2.32. The van der Waals surface area contributed by atoms with Gasteiger partial charge in [-0.15, -0.1) is 0 Å². The molecular formula is C14H28O. The third kappa shape index (κ3) is 4.81. The van der Waals surface area contributed by atoms with Crippen LogP contribution in [0.2, 0.25) is 0 Å². The molecule has 0 saturated heterocycles. The number of unbranched alkanes of at least 4 members (excludes halogenated alkanes) is 2. The molecule has 0 aromatic carbocycles. The van der Waals surface area contributed by atoms with Crippen LogP contribution in [0.3, 0.4) is 0 Å². The zero-order chi connectivity index (χ0) is 11.9. The number of carbonyl (C=O) groups excluding carboxylic acids is 1. The van der Waals surface area contributed by atoms with Gasteiger partial charge in [0.2, 0.25) is 0 Å². The Bertz CT molecular complexity index is 182. The first-order valence-corrected chi connectivity index (χ1v) is 6.50. The number of hydrogen-bond acceptors (Lipinski definition) is 1. The van der Waals surface area contributed by atoms with Crippen molar-refractivity contribution in [1.29, 1.82) is 0 Å². The number of carbonyl (C=O) groups is 1. The lowest BCUT2D eigenvalue weighted by atomic mass is 9.73. The minimum absolute atomic E-state index is 0.121. The van der Waals surface area contributed by atoms with Crippen molar-refractivity contribution in [2.24, 2.45) is 11.3 Å². The van der Waals surface area contributed by atoms with Crippen molar-refractivity contribution in [3.05, 3.63) is 0 Å². The third-order valence-electron chi connectivity index (χ3n) is 3.68. The van der Waals surface area contributed by atoms with Gasteiger partial charge in [0.05, 0.1) is 0 Å². The molecule has 0 saturated carbocycles. The molecule has 0 N–H and O–H groups in total. The van der Waals surface area contributed by atoms with Crippen LogP contribution in [0.4, 0.5) is 0 Å². The molecule has 1 heteroatoms. The molecule has 0 aliphatic heterocycles. The van der Waals surface area contributed by atoms with Gasteiger partial charge in [0, 0.05) is 11.8 Å². The Labute approximate surface area is 95.6 Å². The zero-order valence-corrected chi connectivity index (χ0v) is 11.2. The Hall–Kier alpha value is -0.330. The fourth-order valence-electron chi connectivity index (χ4n) is 1.93. The average molecular weight is 212 g/mol. The van der Waals surface area contributed by atoms with Crippen LogP contribution in [-0.2, 0) is 4.79 Å². The first-order valence-electron chi connectivity index (χ1n) is 6.50. The Morgan fingerprint density at radius 1 is 1.13 bits per heavy atom. The molecule has 0 radical (unpaired) electrons. The average Bonchev–Trinajstić information content (AvgIpc) is 2.18. The SMILES string of the molecule is CCCCCC(=O)C(C)(C)C(C)CCC. The molecule has 0 bridgehead atoms. The van der Waals surface area contributed by atoms with Crippen LogP contribution >= 0.6 is 0 Å². The Balaban J connectivity index is 4.12. The van der Waals surface area contributed by atoms with Crippen molar-refractivity contribution in [2.75, 3.05) is 0 Å². The highest BCUT2D eigenvalue weighted by molar-refractivity contribution is 5.84. The second-order valence-electron chi connectivity index (χ2n) is 5.29. The van der Waals surface area contributed by atoms with E-state index in [0.717, 1.165) is 19.3 Å². The smallest absolute Gasteiger partial charge is 0.138 e. The van der Waals surface area contributed by atoms with Gasteiger partial charge >= 0.3 is 0 Å². The van der Waals surface area contributed by atoms with Crippen LogP contribution in [0, 0.1) is 11.3 Å². The lowest BCUT2D eigenvalue weighted by molar-refractivity contribution is -0.129. The van der Waals surface area contributed by atoms with E-state index in [0.29, 0.717) is 11.7 Å². The molecule has 0 fully saturated rings. The van der Waals surface area contributed by atoms with Crippen LogP contribution in [-0.4, -0.2) is 5.78 Å². The van der Waals surface area contributed by atoms with Crippen LogP contribution < -0.4 is 0 Å². The molecule has 1 nitrogen and oxygen atoms in total. The predicted octanol–water partition coefficient (Wildman–Crippen LogP) is 4.60. The van der Waals surface area contributed by atoms with E-state index in [4.69, 9.17) is 0 Å². The van der Waals surface area contributed by atoms with E-state index in [-0.39, 0.29) is 5.41 Å². The number of rotatable bonds is 8. The van der Waals surface area contributed by atoms with E-state index in [1.165, 1.54) is 19.3 Å². The minimum Gasteiger partial charge on any atom is -0.299 e. The van der Waals surface area contributed by atoms with E-state index in [1.807, 2.05) is 0 Å².